The van der Waals surface area contributed by atoms with E-state index in [9.17, 15) is 4.79 Å². The molecule has 5 heteroatoms. The molecule has 1 aromatic heterocycles. The summed E-state index contributed by atoms with van der Waals surface area (Å²) >= 11 is 1.35. The fraction of sp³-hybridized carbons (Fsp3) is 0.600. The van der Waals surface area contributed by atoms with Crippen molar-refractivity contribution in [3.8, 4) is 0 Å². The maximum Gasteiger partial charge on any atom is 0.202 e. The fourth-order valence-electron chi connectivity index (χ4n) is 1.28. The van der Waals surface area contributed by atoms with Gasteiger partial charge in [0.1, 0.15) is 5.69 Å². The molecule has 0 N–H and O–H groups in total. The Bertz CT molecular complexity index is 355. The van der Waals surface area contributed by atoms with Crippen LogP contribution >= 0.6 is 11.3 Å². The highest BCUT2D eigenvalue weighted by Crippen LogP contribution is 2.25. The van der Waals surface area contributed by atoms with E-state index in [-0.39, 0.29) is 18.0 Å². The van der Waals surface area contributed by atoms with Gasteiger partial charge in [0, 0.05) is 11.3 Å². The molecule has 0 bridgehead atoms. The summed E-state index contributed by atoms with van der Waals surface area (Å²) in [6, 6.07) is 0. The summed E-state index contributed by atoms with van der Waals surface area (Å²) in [6.45, 7) is 4.92. The van der Waals surface area contributed by atoms with Crippen molar-refractivity contribution >= 4 is 17.1 Å². The quantitative estimate of drug-likeness (QED) is 0.741. The summed E-state index contributed by atoms with van der Waals surface area (Å²) in [5.41, 5.74) is 0.710. The van der Waals surface area contributed by atoms with Crippen LogP contribution in [0.15, 0.2) is 5.38 Å². The maximum atomic E-state index is 11.6. The van der Waals surface area contributed by atoms with Crippen molar-refractivity contribution in [2.75, 3.05) is 13.2 Å². The van der Waals surface area contributed by atoms with Crippen LogP contribution in [0.4, 0.5) is 0 Å². The third kappa shape index (κ3) is 2.25. The van der Waals surface area contributed by atoms with E-state index in [0.29, 0.717) is 23.9 Å². The fourth-order valence-corrected chi connectivity index (χ4v) is 2.19. The zero-order valence-electron chi connectivity index (χ0n) is 8.73. The van der Waals surface area contributed by atoms with Crippen LogP contribution in [0.3, 0.4) is 0 Å². The minimum atomic E-state index is -0.380. The van der Waals surface area contributed by atoms with Crippen LogP contribution in [0.5, 0.6) is 0 Å². The molecule has 1 fully saturated rings. The number of aromatic nitrogens is 1. The first kappa shape index (κ1) is 10.7. The van der Waals surface area contributed by atoms with Crippen molar-refractivity contribution in [2.45, 2.75) is 20.1 Å². The van der Waals surface area contributed by atoms with Crippen LogP contribution in [0.2, 0.25) is 0 Å². The molecule has 0 radical (unpaired) electrons. The van der Waals surface area contributed by atoms with E-state index >= 15 is 0 Å². The van der Waals surface area contributed by atoms with Crippen LogP contribution in [0.1, 0.15) is 35.6 Å². The van der Waals surface area contributed by atoms with Crippen LogP contribution in [-0.4, -0.2) is 24.0 Å². The molecule has 0 saturated carbocycles. The smallest absolute Gasteiger partial charge is 0.202 e. The minimum absolute atomic E-state index is 0.0191. The number of Topliss-reactive ketones (excluding diaryl/α,β-unsaturated/α-hetero) is 1. The minimum Gasteiger partial charge on any atom is -0.345 e. The molecule has 0 atom stereocenters. The Morgan fingerprint density at radius 3 is 2.80 bits per heavy atom. The van der Waals surface area contributed by atoms with Crippen LogP contribution < -0.4 is 0 Å². The van der Waals surface area contributed by atoms with Gasteiger partial charge in [-0.3, -0.25) is 4.79 Å². The normalized spacial score (nSPS) is 17.5. The lowest BCUT2D eigenvalue weighted by molar-refractivity contribution is -0.0469. The molecule has 0 spiro atoms. The van der Waals surface area contributed by atoms with Gasteiger partial charge >= 0.3 is 0 Å². The molecular formula is C10H13NO3S. The highest BCUT2D eigenvalue weighted by molar-refractivity contribution is 7.11. The Morgan fingerprint density at radius 1 is 1.53 bits per heavy atom. The van der Waals surface area contributed by atoms with Gasteiger partial charge in [0.15, 0.2) is 10.8 Å². The lowest BCUT2D eigenvalue weighted by atomic mass is 10.1. The molecule has 1 aliphatic rings. The summed E-state index contributed by atoms with van der Waals surface area (Å²) in [7, 11) is 0. The molecule has 1 saturated heterocycles. The van der Waals surface area contributed by atoms with Crippen molar-refractivity contribution in [1.29, 1.82) is 0 Å². The largest absolute Gasteiger partial charge is 0.345 e. The molecular weight excluding hydrogens is 214 g/mol. The second-order valence-electron chi connectivity index (χ2n) is 3.67. The van der Waals surface area contributed by atoms with Gasteiger partial charge in [-0.25, -0.2) is 4.98 Å². The number of ether oxygens (including phenoxy) is 2. The van der Waals surface area contributed by atoms with E-state index in [1.54, 1.807) is 0 Å². The van der Waals surface area contributed by atoms with Gasteiger partial charge in [0.25, 0.3) is 0 Å². The summed E-state index contributed by atoms with van der Waals surface area (Å²) in [5, 5.41) is 2.37. The predicted molar refractivity (Wildman–Crippen MR) is 55.9 cm³/mol. The Hall–Kier alpha value is -0.780. The molecule has 15 heavy (non-hydrogen) atoms. The first-order valence-electron chi connectivity index (χ1n) is 4.91. The van der Waals surface area contributed by atoms with E-state index in [4.69, 9.17) is 9.47 Å². The molecule has 0 aliphatic carbocycles. The molecule has 1 aliphatic heterocycles. The zero-order valence-corrected chi connectivity index (χ0v) is 9.54. The average molecular weight is 227 g/mol. The summed E-state index contributed by atoms with van der Waals surface area (Å²) in [4.78, 5) is 15.9. The SMILES string of the molecule is CC(C)C(=O)c1nc(C2OCCO2)cs1. The zero-order chi connectivity index (χ0) is 10.8. The van der Waals surface area contributed by atoms with Crippen molar-refractivity contribution in [2.24, 2.45) is 5.92 Å². The van der Waals surface area contributed by atoms with E-state index in [2.05, 4.69) is 4.98 Å². The third-order valence-electron chi connectivity index (χ3n) is 2.12. The molecule has 4 nitrogen and oxygen atoms in total. The second kappa shape index (κ2) is 4.38. The van der Waals surface area contributed by atoms with Gasteiger partial charge in [0.05, 0.1) is 13.2 Å². The van der Waals surface area contributed by atoms with Crippen LogP contribution in [0, 0.1) is 5.92 Å². The first-order chi connectivity index (χ1) is 7.18. The predicted octanol–water partition coefficient (Wildman–Crippen LogP) is 2.03. The standard InChI is InChI=1S/C10H13NO3S/c1-6(2)8(12)9-11-7(5-15-9)10-13-3-4-14-10/h5-6,10H,3-4H2,1-2H3. The molecule has 82 valence electrons. The molecule has 2 rings (SSSR count). The van der Waals surface area contributed by atoms with Crippen molar-refractivity contribution in [3.05, 3.63) is 16.1 Å². The summed E-state index contributed by atoms with van der Waals surface area (Å²) < 4.78 is 10.6. The molecule has 0 unspecified atom stereocenters. The van der Waals surface area contributed by atoms with Crippen LogP contribution in [-0.2, 0) is 9.47 Å². The first-order valence-corrected chi connectivity index (χ1v) is 5.79. The van der Waals surface area contributed by atoms with Crippen LogP contribution in [0.25, 0.3) is 0 Å². The number of hydrogen-bond donors (Lipinski definition) is 0. The number of thiazole rings is 1. The van der Waals surface area contributed by atoms with Crippen molar-refractivity contribution in [1.82, 2.24) is 4.98 Å². The summed E-state index contributed by atoms with van der Waals surface area (Å²) in [6.07, 6.45) is -0.380. The molecule has 1 aromatic rings. The average Bonchev–Trinajstić information content (AvgIpc) is 2.86. The monoisotopic (exact) mass is 227 g/mol. The van der Waals surface area contributed by atoms with Gasteiger partial charge < -0.3 is 9.47 Å². The third-order valence-corrected chi connectivity index (χ3v) is 3.00. The lowest BCUT2D eigenvalue weighted by Crippen LogP contribution is -2.07. The number of ketones is 1. The van der Waals surface area contributed by atoms with E-state index in [0.717, 1.165) is 0 Å². The summed E-state index contributed by atoms with van der Waals surface area (Å²) in [5.74, 6) is 0.0543. The topological polar surface area (TPSA) is 48.4 Å². The lowest BCUT2D eigenvalue weighted by Gasteiger charge is -2.04. The van der Waals surface area contributed by atoms with E-state index < -0.39 is 0 Å². The Balaban J connectivity index is 2.12. The van der Waals surface area contributed by atoms with E-state index in [1.165, 1.54) is 11.3 Å². The van der Waals surface area contributed by atoms with Gasteiger partial charge in [-0.1, -0.05) is 13.8 Å². The highest BCUT2D eigenvalue weighted by atomic mass is 32.1. The molecule has 0 aromatic carbocycles. The van der Waals surface area contributed by atoms with Gasteiger partial charge in [-0.2, -0.15) is 0 Å². The van der Waals surface area contributed by atoms with E-state index in [1.807, 2.05) is 19.2 Å². The van der Waals surface area contributed by atoms with Crippen molar-refractivity contribution < 1.29 is 14.3 Å². The maximum absolute atomic E-state index is 11.6. The number of rotatable bonds is 3. The van der Waals surface area contributed by atoms with Gasteiger partial charge in [0.2, 0.25) is 6.29 Å². The van der Waals surface area contributed by atoms with Gasteiger partial charge in [-0.15, -0.1) is 11.3 Å². The number of carbonyl (C=O) groups is 1. The Labute approximate surface area is 92.2 Å². The van der Waals surface area contributed by atoms with Gasteiger partial charge in [-0.05, 0) is 0 Å². The molecule has 2 heterocycles. The molecule has 0 amide bonds. The number of carbonyl (C=O) groups excluding carboxylic acids is 1. The number of nitrogens with zero attached hydrogens (tertiary/aromatic N) is 1. The second-order valence-corrected chi connectivity index (χ2v) is 4.53. The highest BCUT2D eigenvalue weighted by Gasteiger charge is 2.23. The Kier molecular flexibility index (Phi) is 3.14. The Morgan fingerprint density at radius 2 is 2.20 bits per heavy atom. The number of hydrogen-bond acceptors (Lipinski definition) is 5. The van der Waals surface area contributed by atoms with Crippen molar-refractivity contribution in [3.63, 3.8) is 0 Å².